The summed E-state index contributed by atoms with van der Waals surface area (Å²) in [5.41, 5.74) is 1.41. The average molecular weight is 174 g/mol. The number of nitriles is 1. The minimum atomic E-state index is 0.315. The zero-order chi connectivity index (χ0) is 9.26. The molecule has 1 aliphatic rings. The lowest BCUT2D eigenvalue weighted by molar-refractivity contribution is 0.301. The summed E-state index contributed by atoms with van der Waals surface area (Å²) in [4.78, 5) is 3.99. The van der Waals surface area contributed by atoms with Crippen LogP contribution in [0.5, 0.6) is 5.75 Å². The Labute approximate surface area is 77.0 Å². The van der Waals surface area contributed by atoms with Gasteiger partial charge in [-0.3, -0.25) is 0 Å². The standard InChI is InChI=1S/C10H10N2O/c1-7-4-10(13-8-2-3-8)9(5-11)12-6-7/h4,6,8H,2-3H2,1H3. The van der Waals surface area contributed by atoms with E-state index in [1.165, 1.54) is 0 Å². The van der Waals surface area contributed by atoms with Crippen molar-refractivity contribution in [3.8, 4) is 11.8 Å². The molecule has 0 amide bonds. The van der Waals surface area contributed by atoms with Crippen molar-refractivity contribution >= 4 is 0 Å². The third kappa shape index (κ3) is 1.78. The lowest BCUT2D eigenvalue weighted by atomic mass is 10.2. The largest absolute Gasteiger partial charge is 0.487 e. The Hall–Kier alpha value is -1.56. The predicted octanol–water partition coefficient (Wildman–Crippen LogP) is 1.80. The van der Waals surface area contributed by atoms with Gasteiger partial charge in [0.05, 0.1) is 6.10 Å². The van der Waals surface area contributed by atoms with E-state index in [4.69, 9.17) is 10.00 Å². The second kappa shape index (κ2) is 3.06. The Bertz CT molecular complexity index is 364. The van der Waals surface area contributed by atoms with Gasteiger partial charge in [-0.15, -0.1) is 0 Å². The van der Waals surface area contributed by atoms with Crippen LogP contribution in [-0.2, 0) is 0 Å². The molecule has 1 heterocycles. The quantitative estimate of drug-likeness (QED) is 0.686. The fourth-order valence-electron chi connectivity index (χ4n) is 1.08. The number of nitrogens with zero attached hydrogens (tertiary/aromatic N) is 2. The van der Waals surface area contributed by atoms with Crippen molar-refractivity contribution in [2.75, 3.05) is 0 Å². The van der Waals surface area contributed by atoms with Gasteiger partial charge in [-0.05, 0) is 31.4 Å². The number of pyridine rings is 1. The number of hydrogen-bond donors (Lipinski definition) is 0. The molecule has 1 aromatic heterocycles. The van der Waals surface area contributed by atoms with Crippen molar-refractivity contribution in [2.24, 2.45) is 0 Å². The molecule has 3 nitrogen and oxygen atoms in total. The monoisotopic (exact) mass is 174 g/mol. The van der Waals surface area contributed by atoms with Crippen LogP contribution in [0.2, 0.25) is 0 Å². The van der Waals surface area contributed by atoms with E-state index < -0.39 is 0 Å². The molecule has 0 spiro atoms. The Morgan fingerprint density at radius 2 is 2.38 bits per heavy atom. The summed E-state index contributed by atoms with van der Waals surface area (Å²) >= 11 is 0. The summed E-state index contributed by atoms with van der Waals surface area (Å²) < 4.78 is 5.54. The first-order chi connectivity index (χ1) is 6.29. The highest BCUT2D eigenvalue weighted by molar-refractivity contribution is 5.39. The van der Waals surface area contributed by atoms with E-state index in [1.54, 1.807) is 6.20 Å². The van der Waals surface area contributed by atoms with Gasteiger partial charge in [0.25, 0.3) is 0 Å². The smallest absolute Gasteiger partial charge is 0.182 e. The zero-order valence-electron chi connectivity index (χ0n) is 7.45. The summed E-state index contributed by atoms with van der Waals surface area (Å²) in [6, 6.07) is 3.88. The van der Waals surface area contributed by atoms with Gasteiger partial charge in [0.2, 0.25) is 0 Å². The molecule has 1 fully saturated rings. The summed E-state index contributed by atoms with van der Waals surface area (Å²) in [6.45, 7) is 1.94. The molecule has 0 aromatic carbocycles. The maximum Gasteiger partial charge on any atom is 0.182 e. The average Bonchev–Trinajstić information content (AvgIpc) is 2.89. The normalized spacial score (nSPS) is 15.1. The van der Waals surface area contributed by atoms with Crippen LogP contribution in [0.1, 0.15) is 24.1 Å². The molecule has 0 unspecified atom stereocenters. The van der Waals surface area contributed by atoms with Gasteiger partial charge < -0.3 is 4.74 Å². The molecule has 0 bridgehead atoms. The van der Waals surface area contributed by atoms with E-state index in [2.05, 4.69) is 4.98 Å². The van der Waals surface area contributed by atoms with Crippen LogP contribution in [0.4, 0.5) is 0 Å². The first-order valence-corrected chi connectivity index (χ1v) is 4.33. The first kappa shape index (κ1) is 8.06. The van der Waals surface area contributed by atoms with Crippen molar-refractivity contribution in [2.45, 2.75) is 25.9 Å². The molecular formula is C10H10N2O. The minimum Gasteiger partial charge on any atom is -0.487 e. The van der Waals surface area contributed by atoms with Crippen molar-refractivity contribution < 1.29 is 4.74 Å². The number of aromatic nitrogens is 1. The molecule has 3 heteroatoms. The second-order valence-corrected chi connectivity index (χ2v) is 3.29. The summed E-state index contributed by atoms with van der Waals surface area (Å²) in [6.07, 6.45) is 4.19. The van der Waals surface area contributed by atoms with Gasteiger partial charge in [0.1, 0.15) is 6.07 Å². The molecule has 0 aliphatic heterocycles. The van der Waals surface area contributed by atoms with Gasteiger partial charge in [-0.2, -0.15) is 5.26 Å². The van der Waals surface area contributed by atoms with Crippen molar-refractivity contribution in [1.82, 2.24) is 4.98 Å². The SMILES string of the molecule is Cc1cnc(C#N)c(OC2CC2)c1. The molecule has 13 heavy (non-hydrogen) atoms. The fraction of sp³-hybridized carbons (Fsp3) is 0.400. The van der Waals surface area contributed by atoms with Crippen LogP contribution in [0.3, 0.4) is 0 Å². The summed E-state index contributed by atoms with van der Waals surface area (Å²) in [5.74, 6) is 0.630. The molecular weight excluding hydrogens is 164 g/mol. The molecule has 1 saturated carbocycles. The molecule has 2 rings (SSSR count). The van der Waals surface area contributed by atoms with Crippen molar-refractivity contribution in [3.63, 3.8) is 0 Å². The van der Waals surface area contributed by atoms with Gasteiger partial charge in [-0.25, -0.2) is 4.98 Å². The Morgan fingerprint density at radius 1 is 1.62 bits per heavy atom. The van der Waals surface area contributed by atoms with Crippen LogP contribution >= 0.6 is 0 Å². The predicted molar refractivity (Wildman–Crippen MR) is 47.3 cm³/mol. The lowest BCUT2D eigenvalue weighted by Gasteiger charge is -2.05. The topological polar surface area (TPSA) is 45.9 Å². The van der Waals surface area contributed by atoms with E-state index >= 15 is 0 Å². The third-order valence-corrected chi connectivity index (χ3v) is 1.91. The molecule has 1 aliphatic carbocycles. The van der Waals surface area contributed by atoms with Gasteiger partial charge in [0.15, 0.2) is 11.4 Å². The fourth-order valence-corrected chi connectivity index (χ4v) is 1.08. The molecule has 0 atom stereocenters. The maximum absolute atomic E-state index is 8.75. The highest BCUT2D eigenvalue weighted by Crippen LogP contribution is 2.28. The van der Waals surface area contributed by atoms with Crippen LogP contribution in [0.25, 0.3) is 0 Å². The molecule has 0 saturated heterocycles. The van der Waals surface area contributed by atoms with E-state index in [1.807, 2.05) is 19.1 Å². The zero-order valence-corrected chi connectivity index (χ0v) is 7.45. The third-order valence-electron chi connectivity index (χ3n) is 1.91. The summed E-state index contributed by atoms with van der Waals surface area (Å²) in [7, 11) is 0. The molecule has 1 aromatic rings. The highest BCUT2D eigenvalue weighted by atomic mass is 16.5. The van der Waals surface area contributed by atoms with Crippen LogP contribution in [0, 0.1) is 18.3 Å². The number of hydrogen-bond acceptors (Lipinski definition) is 3. The van der Waals surface area contributed by atoms with Gasteiger partial charge in [-0.1, -0.05) is 0 Å². The van der Waals surface area contributed by atoms with E-state index in [9.17, 15) is 0 Å². The van der Waals surface area contributed by atoms with Crippen LogP contribution < -0.4 is 4.74 Å². The number of rotatable bonds is 2. The highest BCUT2D eigenvalue weighted by Gasteiger charge is 2.24. The van der Waals surface area contributed by atoms with Crippen molar-refractivity contribution in [1.29, 1.82) is 5.26 Å². The Kier molecular flexibility index (Phi) is 1.90. The van der Waals surface area contributed by atoms with Crippen LogP contribution in [0.15, 0.2) is 12.3 Å². The van der Waals surface area contributed by atoms with Crippen molar-refractivity contribution in [3.05, 3.63) is 23.5 Å². The van der Waals surface area contributed by atoms with E-state index in [0.717, 1.165) is 18.4 Å². The van der Waals surface area contributed by atoms with Gasteiger partial charge in [0, 0.05) is 6.20 Å². The van der Waals surface area contributed by atoms with Crippen LogP contribution in [-0.4, -0.2) is 11.1 Å². The maximum atomic E-state index is 8.75. The number of aryl methyl sites for hydroxylation is 1. The minimum absolute atomic E-state index is 0.315. The lowest BCUT2D eigenvalue weighted by Crippen LogP contribution is -2.00. The van der Waals surface area contributed by atoms with E-state index in [0.29, 0.717) is 17.5 Å². The first-order valence-electron chi connectivity index (χ1n) is 4.33. The summed E-state index contributed by atoms with van der Waals surface area (Å²) in [5, 5.41) is 8.75. The van der Waals surface area contributed by atoms with Gasteiger partial charge >= 0.3 is 0 Å². The van der Waals surface area contributed by atoms with E-state index in [-0.39, 0.29) is 0 Å². The Balaban J connectivity index is 2.29. The molecule has 0 radical (unpaired) electrons. The molecule has 66 valence electrons. The second-order valence-electron chi connectivity index (χ2n) is 3.29. The molecule has 0 N–H and O–H groups in total. The number of ether oxygens (including phenoxy) is 1. The Morgan fingerprint density at radius 3 is 3.00 bits per heavy atom.